The van der Waals surface area contributed by atoms with Gasteiger partial charge in [-0.2, -0.15) is 0 Å². The number of anilines is 1. The van der Waals surface area contributed by atoms with Crippen molar-refractivity contribution in [1.29, 1.82) is 0 Å². The lowest BCUT2D eigenvalue weighted by Gasteiger charge is -2.09. The zero-order valence-corrected chi connectivity index (χ0v) is 16.4. The van der Waals surface area contributed by atoms with Gasteiger partial charge < -0.3 is 14.2 Å². The number of nitrogens with one attached hydrogen (secondary N) is 1. The molecule has 29 heavy (non-hydrogen) atoms. The minimum atomic E-state index is -0.639. The van der Waals surface area contributed by atoms with Gasteiger partial charge in [-0.05, 0) is 54.3 Å². The summed E-state index contributed by atoms with van der Waals surface area (Å²) < 4.78 is 20.0. The number of methoxy groups -OCH3 is 1. The Kier molecular flexibility index (Phi) is 4.86. The van der Waals surface area contributed by atoms with Gasteiger partial charge >= 0.3 is 6.09 Å². The summed E-state index contributed by atoms with van der Waals surface area (Å²) in [5, 5.41) is 14.5. The van der Waals surface area contributed by atoms with Gasteiger partial charge in [-0.1, -0.05) is 11.6 Å². The van der Waals surface area contributed by atoms with E-state index in [-0.39, 0.29) is 12.4 Å². The van der Waals surface area contributed by atoms with E-state index in [0.717, 1.165) is 16.3 Å². The first-order valence-electron chi connectivity index (χ1n) is 8.78. The molecule has 8 heteroatoms. The molecule has 148 valence electrons. The van der Waals surface area contributed by atoms with Crippen molar-refractivity contribution in [1.82, 2.24) is 9.38 Å². The van der Waals surface area contributed by atoms with E-state index in [1.165, 1.54) is 19.2 Å². The number of amides is 1. The third kappa shape index (κ3) is 3.28. The van der Waals surface area contributed by atoms with Crippen LogP contribution in [-0.2, 0) is 11.3 Å². The van der Waals surface area contributed by atoms with Gasteiger partial charge in [0, 0.05) is 17.1 Å². The summed E-state index contributed by atoms with van der Waals surface area (Å²) in [5.74, 6) is -0.334. The molecule has 0 fully saturated rings. The second kappa shape index (κ2) is 7.35. The molecular weight excluding hydrogens is 397 g/mol. The van der Waals surface area contributed by atoms with Crippen LogP contribution >= 0.6 is 11.6 Å². The summed E-state index contributed by atoms with van der Waals surface area (Å²) in [7, 11) is 1.27. The summed E-state index contributed by atoms with van der Waals surface area (Å²) >= 11 is 6.28. The normalized spacial score (nSPS) is 11.2. The van der Waals surface area contributed by atoms with E-state index >= 15 is 0 Å². The summed E-state index contributed by atoms with van der Waals surface area (Å²) in [6.45, 7) is 1.54. The maximum atomic E-state index is 13.5. The molecular formula is C21H17ClFN3O3. The van der Waals surface area contributed by atoms with E-state index in [1.54, 1.807) is 35.7 Å². The number of aromatic nitrogens is 2. The predicted octanol–water partition coefficient (Wildman–Crippen LogP) is 4.93. The molecule has 0 spiro atoms. The third-order valence-electron chi connectivity index (χ3n) is 4.81. The van der Waals surface area contributed by atoms with E-state index in [9.17, 15) is 14.3 Å². The monoisotopic (exact) mass is 413 g/mol. The fourth-order valence-electron chi connectivity index (χ4n) is 3.41. The first-order chi connectivity index (χ1) is 13.9. The fourth-order valence-corrected chi connectivity index (χ4v) is 3.63. The SMILES string of the molecule is COC(=O)Nc1cc2c(ccn3c(CO)c(-c4ccc(F)cc4C)nc23)cc1Cl. The van der Waals surface area contributed by atoms with E-state index < -0.39 is 6.09 Å². The topological polar surface area (TPSA) is 75.9 Å². The van der Waals surface area contributed by atoms with E-state index in [1.807, 2.05) is 6.07 Å². The van der Waals surface area contributed by atoms with Crippen LogP contribution in [0.5, 0.6) is 0 Å². The maximum Gasteiger partial charge on any atom is 0.411 e. The number of aliphatic hydroxyl groups is 1. The van der Waals surface area contributed by atoms with Gasteiger partial charge in [0.1, 0.15) is 11.5 Å². The van der Waals surface area contributed by atoms with Gasteiger partial charge in [0.25, 0.3) is 0 Å². The highest BCUT2D eigenvalue weighted by molar-refractivity contribution is 6.34. The average Bonchev–Trinajstić information content (AvgIpc) is 3.07. The molecule has 0 bridgehead atoms. The zero-order chi connectivity index (χ0) is 20.7. The van der Waals surface area contributed by atoms with Crippen molar-refractivity contribution in [3.05, 3.63) is 64.7 Å². The molecule has 0 radical (unpaired) electrons. The first-order valence-corrected chi connectivity index (χ1v) is 9.16. The molecule has 0 saturated carbocycles. The Bertz CT molecular complexity index is 1270. The Morgan fingerprint density at radius 2 is 2.10 bits per heavy atom. The maximum absolute atomic E-state index is 13.5. The number of hydrogen-bond acceptors (Lipinski definition) is 4. The number of carbonyl (C=O) groups is 1. The Balaban J connectivity index is 1.99. The van der Waals surface area contributed by atoms with Crippen LogP contribution < -0.4 is 5.32 Å². The molecule has 4 rings (SSSR count). The standard InChI is InChI=1S/C21H17ClFN3O3/c1-11-7-13(23)3-4-14(11)19-18(10-27)26-6-5-12-8-16(22)17(24-21(28)29-2)9-15(12)20(26)25-19/h3-9,27H,10H2,1-2H3,(H,24,28). The van der Waals surface area contributed by atoms with Crippen LogP contribution in [0.3, 0.4) is 0 Å². The number of nitrogens with zero attached hydrogens (tertiary/aromatic N) is 2. The van der Waals surface area contributed by atoms with Crippen molar-refractivity contribution in [3.63, 3.8) is 0 Å². The van der Waals surface area contributed by atoms with Gasteiger partial charge in [0.15, 0.2) is 0 Å². The van der Waals surface area contributed by atoms with Crippen molar-refractivity contribution in [2.75, 3.05) is 12.4 Å². The number of benzene rings is 2. The molecule has 2 aromatic carbocycles. The Morgan fingerprint density at radius 3 is 2.79 bits per heavy atom. The van der Waals surface area contributed by atoms with Crippen LogP contribution in [0, 0.1) is 12.7 Å². The largest absolute Gasteiger partial charge is 0.453 e. The van der Waals surface area contributed by atoms with Crippen molar-refractivity contribution >= 4 is 39.8 Å². The Hall–Kier alpha value is -3.16. The number of aryl methyl sites for hydroxylation is 1. The van der Waals surface area contributed by atoms with Crippen LogP contribution in [0.15, 0.2) is 42.6 Å². The van der Waals surface area contributed by atoms with Gasteiger partial charge in [-0.15, -0.1) is 0 Å². The number of imidazole rings is 1. The number of halogens is 2. The van der Waals surface area contributed by atoms with Crippen molar-refractivity contribution in [2.24, 2.45) is 0 Å². The second-order valence-electron chi connectivity index (χ2n) is 6.57. The number of ether oxygens (including phenoxy) is 1. The lowest BCUT2D eigenvalue weighted by molar-refractivity contribution is 0.187. The Labute approximate surface area is 170 Å². The molecule has 0 saturated heterocycles. The van der Waals surface area contributed by atoms with Gasteiger partial charge in [0.2, 0.25) is 0 Å². The predicted molar refractivity (Wildman–Crippen MR) is 110 cm³/mol. The number of carbonyl (C=O) groups excluding carboxylic acids is 1. The quantitative estimate of drug-likeness (QED) is 0.499. The summed E-state index contributed by atoms with van der Waals surface area (Å²) in [4.78, 5) is 16.3. The summed E-state index contributed by atoms with van der Waals surface area (Å²) in [6, 6.07) is 9.71. The highest BCUT2D eigenvalue weighted by Gasteiger charge is 2.18. The average molecular weight is 414 g/mol. The number of hydrogen-bond donors (Lipinski definition) is 2. The highest BCUT2D eigenvalue weighted by atomic mass is 35.5. The lowest BCUT2D eigenvalue weighted by Crippen LogP contribution is -2.11. The van der Waals surface area contributed by atoms with Crippen LogP contribution in [0.4, 0.5) is 14.9 Å². The van der Waals surface area contributed by atoms with Crippen molar-refractivity contribution in [3.8, 4) is 11.3 Å². The van der Waals surface area contributed by atoms with Crippen LogP contribution in [0.1, 0.15) is 11.3 Å². The lowest BCUT2D eigenvalue weighted by atomic mass is 10.0. The van der Waals surface area contributed by atoms with E-state index in [0.29, 0.717) is 33.3 Å². The van der Waals surface area contributed by atoms with E-state index in [4.69, 9.17) is 16.6 Å². The van der Waals surface area contributed by atoms with Crippen molar-refractivity contribution in [2.45, 2.75) is 13.5 Å². The number of pyridine rings is 1. The molecule has 0 unspecified atom stereocenters. The molecule has 1 amide bonds. The molecule has 0 aliphatic rings. The zero-order valence-electron chi connectivity index (χ0n) is 15.7. The van der Waals surface area contributed by atoms with Crippen LogP contribution in [-0.4, -0.2) is 27.7 Å². The minimum absolute atomic E-state index is 0.250. The molecule has 2 N–H and O–H groups in total. The van der Waals surface area contributed by atoms with Crippen LogP contribution in [0.2, 0.25) is 5.02 Å². The van der Waals surface area contributed by atoms with Gasteiger partial charge in [-0.25, -0.2) is 14.2 Å². The third-order valence-corrected chi connectivity index (χ3v) is 5.12. The van der Waals surface area contributed by atoms with Crippen molar-refractivity contribution < 1.29 is 19.0 Å². The second-order valence-corrected chi connectivity index (χ2v) is 6.98. The first kappa shape index (κ1) is 19.2. The highest BCUT2D eigenvalue weighted by Crippen LogP contribution is 2.34. The summed E-state index contributed by atoms with van der Waals surface area (Å²) in [6.07, 6.45) is 1.16. The summed E-state index contributed by atoms with van der Waals surface area (Å²) in [5.41, 5.74) is 3.55. The molecule has 2 heterocycles. The van der Waals surface area contributed by atoms with E-state index in [2.05, 4.69) is 10.1 Å². The fraction of sp³-hybridized carbons (Fsp3) is 0.143. The number of aliphatic hydroxyl groups excluding tert-OH is 1. The molecule has 0 aliphatic carbocycles. The Morgan fingerprint density at radius 1 is 1.31 bits per heavy atom. The molecule has 4 aromatic rings. The molecule has 0 aliphatic heterocycles. The molecule has 6 nitrogen and oxygen atoms in total. The molecule has 2 aromatic heterocycles. The van der Waals surface area contributed by atoms with Crippen LogP contribution in [0.25, 0.3) is 27.7 Å². The minimum Gasteiger partial charge on any atom is -0.453 e. The molecule has 0 atom stereocenters. The van der Waals surface area contributed by atoms with Gasteiger partial charge in [-0.3, -0.25) is 5.32 Å². The number of rotatable bonds is 3. The number of fused-ring (bicyclic) bond motifs is 3. The van der Waals surface area contributed by atoms with Gasteiger partial charge in [0.05, 0.1) is 35.8 Å². The smallest absolute Gasteiger partial charge is 0.411 e.